The molecule has 0 saturated heterocycles. The van der Waals surface area contributed by atoms with Crippen molar-refractivity contribution >= 4 is 5.95 Å². The molecular formula is C16H21N3O2. The van der Waals surface area contributed by atoms with Gasteiger partial charge in [-0.1, -0.05) is 31.0 Å². The van der Waals surface area contributed by atoms with Crippen LogP contribution in [0.3, 0.4) is 0 Å². The van der Waals surface area contributed by atoms with Crippen LogP contribution in [0, 0.1) is 0 Å². The van der Waals surface area contributed by atoms with E-state index in [1.165, 1.54) is 25.7 Å². The Balaban J connectivity index is 1.39. The second-order valence-electron chi connectivity index (χ2n) is 5.35. The highest BCUT2D eigenvalue weighted by molar-refractivity contribution is 5.53. The SMILES string of the molecule is c1ccc(-c2nc(NCCCOC3CCCC3)no2)cc1. The predicted molar refractivity (Wildman–Crippen MR) is 81.0 cm³/mol. The maximum absolute atomic E-state index is 5.81. The largest absolute Gasteiger partial charge is 0.378 e. The quantitative estimate of drug-likeness (QED) is 0.790. The molecule has 2 aromatic rings. The fraction of sp³-hybridized carbons (Fsp3) is 0.500. The Bertz CT molecular complexity index is 535. The number of nitrogens with zero attached hydrogens (tertiary/aromatic N) is 2. The normalized spacial score (nSPS) is 15.4. The van der Waals surface area contributed by atoms with Crippen molar-refractivity contribution in [3.8, 4) is 11.5 Å². The maximum atomic E-state index is 5.81. The third-order valence-electron chi connectivity index (χ3n) is 3.71. The van der Waals surface area contributed by atoms with E-state index >= 15 is 0 Å². The summed E-state index contributed by atoms with van der Waals surface area (Å²) in [6.45, 7) is 1.58. The standard InChI is InChI=1S/C16H21N3O2/c1-2-7-13(8-3-1)15-18-16(19-21-15)17-11-6-12-20-14-9-4-5-10-14/h1-3,7-8,14H,4-6,9-12H2,(H,17,19). The van der Waals surface area contributed by atoms with Crippen LogP contribution in [0.4, 0.5) is 5.95 Å². The summed E-state index contributed by atoms with van der Waals surface area (Å²) in [5.41, 5.74) is 0.933. The smallest absolute Gasteiger partial charge is 0.263 e. The third-order valence-corrected chi connectivity index (χ3v) is 3.71. The number of hydrogen-bond donors (Lipinski definition) is 1. The second-order valence-corrected chi connectivity index (χ2v) is 5.35. The number of ether oxygens (including phenoxy) is 1. The fourth-order valence-corrected chi connectivity index (χ4v) is 2.57. The summed E-state index contributed by atoms with van der Waals surface area (Å²) >= 11 is 0. The van der Waals surface area contributed by atoms with Crippen molar-refractivity contribution in [3.05, 3.63) is 30.3 Å². The van der Waals surface area contributed by atoms with E-state index in [-0.39, 0.29) is 0 Å². The summed E-state index contributed by atoms with van der Waals surface area (Å²) < 4.78 is 11.0. The van der Waals surface area contributed by atoms with Crippen LogP contribution in [0.2, 0.25) is 0 Å². The van der Waals surface area contributed by atoms with Crippen LogP contribution in [-0.2, 0) is 4.74 Å². The van der Waals surface area contributed by atoms with Crippen molar-refractivity contribution in [2.45, 2.75) is 38.2 Å². The van der Waals surface area contributed by atoms with Crippen molar-refractivity contribution in [1.82, 2.24) is 10.1 Å². The average Bonchev–Trinajstić information content (AvgIpc) is 3.19. The van der Waals surface area contributed by atoms with E-state index in [0.29, 0.717) is 17.9 Å². The van der Waals surface area contributed by atoms with Gasteiger partial charge >= 0.3 is 0 Å². The summed E-state index contributed by atoms with van der Waals surface area (Å²) in [4.78, 5) is 4.33. The molecule has 0 aliphatic heterocycles. The molecule has 0 radical (unpaired) electrons. The van der Waals surface area contributed by atoms with E-state index in [0.717, 1.165) is 25.1 Å². The average molecular weight is 287 g/mol. The van der Waals surface area contributed by atoms with Crippen LogP contribution in [0.5, 0.6) is 0 Å². The Kier molecular flexibility index (Phi) is 4.84. The maximum Gasteiger partial charge on any atom is 0.263 e. The molecule has 1 N–H and O–H groups in total. The lowest BCUT2D eigenvalue weighted by atomic mass is 10.2. The number of benzene rings is 1. The van der Waals surface area contributed by atoms with Gasteiger partial charge in [0, 0.05) is 18.7 Å². The molecule has 0 atom stereocenters. The zero-order valence-electron chi connectivity index (χ0n) is 12.1. The van der Waals surface area contributed by atoms with Crippen molar-refractivity contribution in [1.29, 1.82) is 0 Å². The van der Waals surface area contributed by atoms with Crippen molar-refractivity contribution in [2.24, 2.45) is 0 Å². The Morgan fingerprint density at radius 3 is 2.81 bits per heavy atom. The number of nitrogens with one attached hydrogen (secondary N) is 1. The van der Waals surface area contributed by atoms with Gasteiger partial charge in [0.15, 0.2) is 0 Å². The van der Waals surface area contributed by atoms with Gasteiger partial charge in [0.1, 0.15) is 0 Å². The molecule has 21 heavy (non-hydrogen) atoms. The minimum absolute atomic E-state index is 0.486. The zero-order valence-corrected chi connectivity index (χ0v) is 12.1. The Labute approximate surface area is 124 Å². The molecule has 112 valence electrons. The van der Waals surface area contributed by atoms with Crippen LogP contribution in [0.1, 0.15) is 32.1 Å². The molecule has 1 fully saturated rings. The molecule has 0 bridgehead atoms. The number of anilines is 1. The minimum atomic E-state index is 0.486. The molecule has 1 aromatic carbocycles. The number of aromatic nitrogens is 2. The van der Waals surface area contributed by atoms with Gasteiger partial charge in [0.05, 0.1) is 6.10 Å². The van der Waals surface area contributed by atoms with Crippen LogP contribution in [-0.4, -0.2) is 29.4 Å². The summed E-state index contributed by atoms with van der Waals surface area (Å²) in [6, 6.07) is 9.77. The van der Waals surface area contributed by atoms with Gasteiger partial charge in [0.25, 0.3) is 11.8 Å². The highest BCUT2D eigenvalue weighted by atomic mass is 16.5. The number of rotatable bonds is 7. The molecule has 1 aromatic heterocycles. The molecular weight excluding hydrogens is 266 g/mol. The molecule has 0 spiro atoms. The van der Waals surface area contributed by atoms with Crippen molar-refractivity contribution in [2.75, 3.05) is 18.5 Å². The molecule has 1 aliphatic carbocycles. The molecule has 5 heteroatoms. The lowest BCUT2D eigenvalue weighted by Gasteiger charge is -2.10. The van der Waals surface area contributed by atoms with E-state index < -0.39 is 0 Å². The first-order valence-corrected chi connectivity index (χ1v) is 7.66. The molecule has 1 saturated carbocycles. The van der Waals surface area contributed by atoms with E-state index in [4.69, 9.17) is 9.26 Å². The fourth-order valence-electron chi connectivity index (χ4n) is 2.57. The topological polar surface area (TPSA) is 60.2 Å². The van der Waals surface area contributed by atoms with Gasteiger partial charge in [-0.2, -0.15) is 4.98 Å². The minimum Gasteiger partial charge on any atom is -0.378 e. The summed E-state index contributed by atoms with van der Waals surface area (Å²) in [5, 5.41) is 7.09. The van der Waals surface area contributed by atoms with Crippen molar-refractivity contribution < 1.29 is 9.26 Å². The molecule has 0 unspecified atom stereocenters. The van der Waals surface area contributed by atoms with Gasteiger partial charge in [-0.05, 0) is 36.6 Å². The summed E-state index contributed by atoms with van der Waals surface area (Å²) in [5.74, 6) is 1.08. The molecule has 5 nitrogen and oxygen atoms in total. The highest BCUT2D eigenvalue weighted by Crippen LogP contribution is 2.21. The molecule has 1 aliphatic rings. The van der Waals surface area contributed by atoms with E-state index in [1.54, 1.807) is 0 Å². The molecule has 3 rings (SSSR count). The first-order valence-electron chi connectivity index (χ1n) is 7.66. The first-order chi connectivity index (χ1) is 10.4. The lowest BCUT2D eigenvalue weighted by Crippen LogP contribution is -2.12. The Morgan fingerprint density at radius 1 is 1.19 bits per heavy atom. The predicted octanol–water partition coefficient (Wildman–Crippen LogP) is 3.50. The second kappa shape index (κ2) is 7.22. The summed E-state index contributed by atoms with van der Waals surface area (Å²) in [7, 11) is 0. The highest BCUT2D eigenvalue weighted by Gasteiger charge is 2.14. The van der Waals surface area contributed by atoms with Gasteiger partial charge in [0.2, 0.25) is 0 Å². The van der Waals surface area contributed by atoms with Crippen LogP contribution < -0.4 is 5.32 Å². The monoisotopic (exact) mass is 287 g/mol. The Morgan fingerprint density at radius 2 is 2.00 bits per heavy atom. The van der Waals surface area contributed by atoms with Crippen molar-refractivity contribution in [3.63, 3.8) is 0 Å². The first kappa shape index (κ1) is 14.1. The summed E-state index contributed by atoms with van der Waals surface area (Å²) in [6.07, 6.45) is 6.51. The van der Waals surface area contributed by atoms with E-state index in [9.17, 15) is 0 Å². The van der Waals surface area contributed by atoms with Crippen LogP contribution in [0.15, 0.2) is 34.9 Å². The van der Waals surface area contributed by atoms with Crippen LogP contribution in [0.25, 0.3) is 11.5 Å². The molecule has 0 amide bonds. The molecule has 1 heterocycles. The van der Waals surface area contributed by atoms with E-state index in [1.807, 2.05) is 30.3 Å². The number of hydrogen-bond acceptors (Lipinski definition) is 5. The third kappa shape index (κ3) is 4.04. The van der Waals surface area contributed by atoms with Gasteiger partial charge in [-0.15, -0.1) is 0 Å². The zero-order chi connectivity index (χ0) is 14.3. The van der Waals surface area contributed by atoms with Gasteiger partial charge in [-0.3, -0.25) is 0 Å². The van der Waals surface area contributed by atoms with E-state index in [2.05, 4.69) is 15.5 Å². The van der Waals surface area contributed by atoms with Gasteiger partial charge in [-0.25, -0.2) is 0 Å². The van der Waals surface area contributed by atoms with Gasteiger partial charge < -0.3 is 14.6 Å². The lowest BCUT2D eigenvalue weighted by molar-refractivity contribution is 0.0583. The Hall–Kier alpha value is -1.88. The van der Waals surface area contributed by atoms with Crippen LogP contribution >= 0.6 is 0 Å².